The van der Waals surface area contributed by atoms with Crippen LogP contribution in [0.15, 0.2) is 18.2 Å². The number of carbonyl (C=O) groups excluding carboxylic acids is 2. The summed E-state index contributed by atoms with van der Waals surface area (Å²) in [5, 5.41) is 7.66. The summed E-state index contributed by atoms with van der Waals surface area (Å²) in [7, 11) is 0. The number of hydrogen-bond acceptors (Lipinski definition) is 6. The Labute approximate surface area is 207 Å². The van der Waals surface area contributed by atoms with E-state index in [0.29, 0.717) is 71.5 Å². The number of rotatable bonds is 5. The van der Waals surface area contributed by atoms with E-state index in [1.54, 1.807) is 17.0 Å². The second-order valence-corrected chi connectivity index (χ2v) is 9.50. The van der Waals surface area contributed by atoms with Crippen molar-refractivity contribution in [1.82, 2.24) is 20.2 Å². The van der Waals surface area contributed by atoms with E-state index in [-0.39, 0.29) is 17.9 Å². The number of amides is 2. The Hall–Kier alpha value is -2.29. The Morgan fingerprint density at radius 2 is 1.91 bits per heavy atom. The lowest BCUT2D eigenvalue weighted by molar-refractivity contribution is -0.134. The molecule has 176 valence electrons. The molecule has 33 heavy (non-hydrogen) atoms. The monoisotopic (exact) mass is 510 g/mol. The van der Waals surface area contributed by atoms with Gasteiger partial charge in [-0.2, -0.15) is 4.98 Å². The molecular formula is C22H25Cl3N6O2. The van der Waals surface area contributed by atoms with Crippen LogP contribution in [-0.4, -0.2) is 58.9 Å². The first-order valence-corrected chi connectivity index (χ1v) is 11.9. The number of nitrogens with one attached hydrogen (secondary N) is 2. The van der Waals surface area contributed by atoms with Crippen LogP contribution in [0.3, 0.4) is 0 Å². The van der Waals surface area contributed by atoms with Gasteiger partial charge in [-0.05, 0) is 38.0 Å². The molecule has 1 aromatic heterocycles. The first kappa shape index (κ1) is 23.9. The zero-order valence-corrected chi connectivity index (χ0v) is 20.6. The van der Waals surface area contributed by atoms with Gasteiger partial charge < -0.3 is 20.4 Å². The lowest BCUT2D eigenvalue weighted by Gasteiger charge is -2.36. The second-order valence-electron chi connectivity index (χ2n) is 8.27. The Balaban J connectivity index is 1.45. The zero-order chi connectivity index (χ0) is 23.7. The van der Waals surface area contributed by atoms with Crippen LogP contribution in [0.5, 0.6) is 0 Å². The molecule has 0 saturated carbocycles. The molecule has 2 saturated heterocycles. The van der Waals surface area contributed by atoms with E-state index in [4.69, 9.17) is 34.8 Å². The van der Waals surface area contributed by atoms with Crippen molar-refractivity contribution in [3.8, 4) is 0 Å². The van der Waals surface area contributed by atoms with Crippen molar-refractivity contribution in [1.29, 1.82) is 0 Å². The lowest BCUT2D eigenvalue weighted by Crippen LogP contribution is -2.53. The number of carbonyl (C=O) groups is 2. The van der Waals surface area contributed by atoms with E-state index >= 15 is 0 Å². The fraction of sp³-hybridized carbons (Fsp3) is 0.455. The van der Waals surface area contributed by atoms with E-state index in [2.05, 4.69) is 20.6 Å². The molecular weight excluding hydrogens is 487 g/mol. The highest BCUT2D eigenvalue weighted by Crippen LogP contribution is 2.32. The van der Waals surface area contributed by atoms with Gasteiger partial charge in [-0.3, -0.25) is 9.59 Å². The summed E-state index contributed by atoms with van der Waals surface area (Å²) in [4.78, 5) is 37.1. The molecule has 2 aliphatic rings. The maximum Gasteiger partial charge on any atom is 0.245 e. The number of nitrogens with zero attached hydrogens (tertiary/aromatic N) is 4. The molecule has 2 N–H and O–H groups in total. The third-order valence-electron chi connectivity index (χ3n) is 5.95. The average Bonchev–Trinajstić information content (AvgIpc) is 3.22. The molecule has 2 atom stereocenters. The summed E-state index contributed by atoms with van der Waals surface area (Å²) >= 11 is 18.9. The SMILES string of the molecule is Cc1nc(N2CCN(C(=O)[C@H]3CCC(=O)N3)CC2)nc(N[C@H](C)c2ccc(Cl)cc2Cl)c1Cl. The Morgan fingerprint density at radius 1 is 1.18 bits per heavy atom. The van der Waals surface area contributed by atoms with Crippen molar-refractivity contribution in [2.45, 2.75) is 38.8 Å². The quantitative estimate of drug-likeness (QED) is 0.634. The van der Waals surface area contributed by atoms with Gasteiger partial charge in [0.1, 0.15) is 11.1 Å². The van der Waals surface area contributed by atoms with Crippen molar-refractivity contribution in [3.05, 3.63) is 44.5 Å². The van der Waals surface area contributed by atoms with E-state index < -0.39 is 6.04 Å². The normalized spacial score (nSPS) is 19.4. The third kappa shape index (κ3) is 5.28. The minimum absolute atomic E-state index is 0.0234. The van der Waals surface area contributed by atoms with E-state index in [0.717, 1.165) is 5.56 Å². The summed E-state index contributed by atoms with van der Waals surface area (Å²) in [6.07, 6.45) is 0.964. The van der Waals surface area contributed by atoms with Crippen LogP contribution >= 0.6 is 34.8 Å². The van der Waals surface area contributed by atoms with Crippen molar-refractivity contribution in [3.63, 3.8) is 0 Å². The number of piperazine rings is 1. The molecule has 1 aromatic carbocycles. The smallest absolute Gasteiger partial charge is 0.245 e. The topological polar surface area (TPSA) is 90.5 Å². The zero-order valence-electron chi connectivity index (χ0n) is 18.4. The molecule has 2 aliphatic heterocycles. The maximum absolute atomic E-state index is 12.7. The molecule has 2 aromatic rings. The van der Waals surface area contributed by atoms with Gasteiger partial charge in [-0.25, -0.2) is 4.98 Å². The van der Waals surface area contributed by atoms with Crippen LogP contribution in [0, 0.1) is 6.92 Å². The summed E-state index contributed by atoms with van der Waals surface area (Å²) in [6, 6.07) is 4.79. The molecule has 2 amide bonds. The maximum atomic E-state index is 12.7. The van der Waals surface area contributed by atoms with Crippen LogP contribution in [-0.2, 0) is 9.59 Å². The fourth-order valence-electron chi connectivity index (χ4n) is 4.06. The average molecular weight is 512 g/mol. The summed E-state index contributed by atoms with van der Waals surface area (Å²) in [5.41, 5.74) is 1.53. The van der Waals surface area contributed by atoms with Crippen molar-refractivity contribution in [2.75, 3.05) is 36.4 Å². The molecule has 8 nitrogen and oxygen atoms in total. The van der Waals surface area contributed by atoms with E-state index in [1.165, 1.54) is 0 Å². The van der Waals surface area contributed by atoms with Crippen LogP contribution in [0.4, 0.5) is 11.8 Å². The highest BCUT2D eigenvalue weighted by Gasteiger charge is 2.32. The van der Waals surface area contributed by atoms with Gasteiger partial charge in [-0.1, -0.05) is 40.9 Å². The predicted octanol–water partition coefficient (Wildman–Crippen LogP) is 3.85. The number of halogens is 3. The Kier molecular flexibility index (Phi) is 7.16. The third-order valence-corrected chi connectivity index (χ3v) is 6.97. The van der Waals surface area contributed by atoms with Crippen LogP contribution in [0.1, 0.15) is 37.1 Å². The number of hydrogen-bond donors (Lipinski definition) is 2. The van der Waals surface area contributed by atoms with Gasteiger partial charge in [0.25, 0.3) is 0 Å². The highest BCUT2D eigenvalue weighted by molar-refractivity contribution is 6.35. The summed E-state index contributed by atoms with van der Waals surface area (Å²) in [6.45, 7) is 6.05. The number of aromatic nitrogens is 2. The molecule has 0 bridgehead atoms. The minimum atomic E-state index is -0.407. The molecule has 0 aliphatic carbocycles. The summed E-state index contributed by atoms with van der Waals surface area (Å²) < 4.78 is 0. The predicted molar refractivity (Wildman–Crippen MR) is 130 cm³/mol. The van der Waals surface area contributed by atoms with E-state index in [1.807, 2.05) is 24.8 Å². The molecule has 0 spiro atoms. The Bertz CT molecular complexity index is 1070. The fourth-order valence-corrected chi connectivity index (χ4v) is 4.77. The lowest BCUT2D eigenvalue weighted by atomic mass is 10.1. The molecule has 0 unspecified atom stereocenters. The Morgan fingerprint density at radius 3 is 2.55 bits per heavy atom. The number of anilines is 2. The second kappa shape index (κ2) is 9.91. The molecule has 3 heterocycles. The number of benzene rings is 1. The molecule has 11 heteroatoms. The van der Waals surface area contributed by atoms with Gasteiger partial charge in [0, 0.05) is 42.6 Å². The molecule has 4 rings (SSSR count). The van der Waals surface area contributed by atoms with Crippen LogP contribution in [0.25, 0.3) is 0 Å². The minimum Gasteiger partial charge on any atom is -0.362 e. The van der Waals surface area contributed by atoms with Crippen molar-refractivity contribution < 1.29 is 9.59 Å². The molecule has 0 radical (unpaired) electrons. The standard InChI is InChI=1S/C22H25Cl3N6O2/c1-12(15-4-3-14(23)11-16(15)24)26-20-19(25)13(2)27-22(29-20)31-9-7-30(8-10-31)21(33)17-5-6-18(32)28-17/h3-4,11-12,17H,5-10H2,1-2H3,(H,28,32)(H,26,27,29)/t12-,17-/m1/s1. The van der Waals surface area contributed by atoms with Gasteiger partial charge >= 0.3 is 0 Å². The van der Waals surface area contributed by atoms with Gasteiger partial charge in [0.05, 0.1) is 11.7 Å². The van der Waals surface area contributed by atoms with Gasteiger partial charge in [-0.15, -0.1) is 0 Å². The van der Waals surface area contributed by atoms with Gasteiger partial charge in [0.15, 0.2) is 5.82 Å². The first-order chi connectivity index (χ1) is 15.7. The van der Waals surface area contributed by atoms with E-state index in [9.17, 15) is 9.59 Å². The number of aryl methyl sites for hydroxylation is 1. The van der Waals surface area contributed by atoms with Crippen molar-refractivity contribution >= 4 is 58.4 Å². The van der Waals surface area contributed by atoms with Crippen LogP contribution in [0.2, 0.25) is 15.1 Å². The van der Waals surface area contributed by atoms with Crippen molar-refractivity contribution in [2.24, 2.45) is 0 Å². The summed E-state index contributed by atoms with van der Waals surface area (Å²) in [5.74, 6) is 0.982. The largest absolute Gasteiger partial charge is 0.362 e. The van der Waals surface area contributed by atoms with Gasteiger partial charge in [0.2, 0.25) is 17.8 Å². The first-order valence-electron chi connectivity index (χ1n) is 10.8. The van der Waals surface area contributed by atoms with Crippen LogP contribution < -0.4 is 15.5 Å². The molecule has 2 fully saturated rings. The highest BCUT2D eigenvalue weighted by atomic mass is 35.5.